The third-order valence-electron chi connectivity index (χ3n) is 7.54. The van der Waals surface area contributed by atoms with Gasteiger partial charge in [0.05, 0.1) is 42.0 Å². The number of anilines is 1. The van der Waals surface area contributed by atoms with E-state index in [9.17, 15) is 9.59 Å². The van der Waals surface area contributed by atoms with Crippen LogP contribution < -0.4 is 14.8 Å². The van der Waals surface area contributed by atoms with Gasteiger partial charge in [-0.3, -0.25) is 0 Å². The molecule has 5 aromatic carbocycles. The first kappa shape index (κ1) is 33.4. The number of benzene rings is 5. The second kappa shape index (κ2) is 17.1. The van der Waals surface area contributed by atoms with Gasteiger partial charge in [-0.05, 0) is 104 Å². The number of aromatic carboxylic acids is 1. The summed E-state index contributed by atoms with van der Waals surface area (Å²) in [6.45, 7) is 5.41. The van der Waals surface area contributed by atoms with Crippen molar-refractivity contribution in [1.29, 1.82) is 0 Å². The maximum absolute atomic E-state index is 12.7. The minimum atomic E-state index is -0.986. The number of carbonyl (C=O) groups excluding carboxylic acids is 1. The Morgan fingerprint density at radius 2 is 1.38 bits per heavy atom. The number of hydrogen-bond acceptors (Lipinski definition) is 8. The summed E-state index contributed by atoms with van der Waals surface area (Å²) in [5.41, 5.74) is 3.85. The van der Waals surface area contributed by atoms with E-state index in [1.54, 1.807) is 48.5 Å². The van der Waals surface area contributed by atoms with Gasteiger partial charge < -0.3 is 24.6 Å². The number of azo groups is 1. The third kappa shape index (κ3) is 9.53. The fraction of sp³-hybridized carbons (Fsp3) is 0.179. The van der Waals surface area contributed by atoms with Crippen LogP contribution in [0.2, 0.25) is 0 Å². The molecule has 9 heteroatoms. The van der Waals surface area contributed by atoms with Gasteiger partial charge >= 0.3 is 11.9 Å². The van der Waals surface area contributed by atoms with Crippen molar-refractivity contribution in [1.82, 2.24) is 0 Å². The molecule has 0 aromatic heterocycles. The number of carboxylic acid groups (broad SMARTS) is 1. The lowest BCUT2D eigenvalue weighted by atomic mass is 10.1. The second-order valence-corrected chi connectivity index (χ2v) is 10.9. The summed E-state index contributed by atoms with van der Waals surface area (Å²) in [6.07, 6.45) is 5.57. The van der Waals surface area contributed by atoms with Crippen molar-refractivity contribution in [3.63, 3.8) is 0 Å². The SMILES string of the molecule is C=COCCCCCCOc1ccc(C(=O)Oc2ccc(CNc3ccc(N=Nc4ccc(C(=O)O)cc4)c4ccccc34)cc2)cc1. The zero-order valence-corrected chi connectivity index (χ0v) is 26.5. The molecule has 0 saturated heterocycles. The Labute approximate surface area is 279 Å². The van der Waals surface area contributed by atoms with Crippen molar-refractivity contribution in [2.24, 2.45) is 10.2 Å². The first-order valence-corrected chi connectivity index (χ1v) is 15.8. The van der Waals surface area contributed by atoms with Gasteiger partial charge in [0.25, 0.3) is 0 Å². The molecule has 0 radical (unpaired) electrons. The monoisotopic (exact) mass is 643 g/mol. The van der Waals surface area contributed by atoms with Crippen LogP contribution in [0, 0.1) is 0 Å². The van der Waals surface area contributed by atoms with Gasteiger partial charge in [-0.2, -0.15) is 5.11 Å². The summed E-state index contributed by atoms with van der Waals surface area (Å²) in [6, 6.07) is 32.4. The Bertz CT molecular complexity index is 1850. The van der Waals surface area contributed by atoms with Gasteiger partial charge in [-0.1, -0.05) is 43.0 Å². The minimum Gasteiger partial charge on any atom is -0.502 e. The minimum absolute atomic E-state index is 0.197. The fourth-order valence-corrected chi connectivity index (χ4v) is 4.95. The Morgan fingerprint density at radius 1 is 0.708 bits per heavy atom. The molecule has 0 aliphatic heterocycles. The molecule has 9 nitrogen and oxygen atoms in total. The van der Waals surface area contributed by atoms with Gasteiger partial charge in [0.1, 0.15) is 11.5 Å². The molecule has 244 valence electrons. The van der Waals surface area contributed by atoms with Crippen LogP contribution in [0.25, 0.3) is 10.8 Å². The lowest BCUT2D eigenvalue weighted by molar-refractivity contribution is 0.0694. The molecular formula is C39H37N3O6. The highest BCUT2D eigenvalue weighted by Crippen LogP contribution is 2.33. The van der Waals surface area contributed by atoms with Crippen LogP contribution >= 0.6 is 0 Å². The largest absolute Gasteiger partial charge is 0.502 e. The normalized spacial score (nSPS) is 10.9. The zero-order chi connectivity index (χ0) is 33.6. The molecule has 48 heavy (non-hydrogen) atoms. The summed E-state index contributed by atoms with van der Waals surface area (Å²) in [5.74, 6) is -0.245. The van der Waals surface area contributed by atoms with Gasteiger partial charge in [-0.15, -0.1) is 5.11 Å². The van der Waals surface area contributed by atoms with Crippen molar-refractivity contribution >= 4 is 39.8 Å². The summed E-state index contributed by atoms with van der Waals surface area (Å²) >= 11 is 0. The van der Waals surface area contributed by atoms with Crippen molar-refractivity contribution in [3.05, 3.63) is 139 Å². The zero-order valence-electron chi connectivity index (χ0n) is 26.5. The van der Waals surface area contributed by atoms with Crippen LogP contribution in [-0.4, -0.2) is 30.3 Å². The smallest absolute Gasteiger partial charge is 0.343 e. The van der Waals surface area contributed by atoms with Crippen molar-refractivity contribution < 1.29 is 28.9 Å². The van der Waals surface area contributed by atoms with Crippen LogP contribution in [0.5, 0.6) is 11.5 Å². The Hall–Kier alpha value is -5.96. The van der Waals surface area contributed by atoms with E-state index < -0.39 is 11.9 Å². The number of carbonyl (C=O) groups is 2. The number of ether oxygens (including phenoxy) is 3. The molecule has 0 saturated carbocycles. The first-order chi connectivity index (χ1) is 23.5. The number of carboxylic acids is 1. The maximum atomic E-state index is 12.7. The van der Waals surface area contributed by atoms with Gasteiger partial charge in [0.15, 0.2) is 0 Å². The van der Waals surface area contributed by atoms with E-state index in [2.05, 4.69) is 22.1 Å². The van der Waals surface area contributed by atoms with Crippen LogP contribution in [0.4, 0.5) is 17.1 Å². The standard InChI is InChI=1S/C39H37N3O6/c1-2-46-25-7-3-4-8-26-47-32-21-15-30(16-22-32)39(45)48-33-19-11-28(12-20-33)27-40-36-23-24-37(35-10-6-5-9-34(35)36)42-41-31-17-13-29(14-18-31)38(43)44/h2,5-6,9-24,40H,1,3-4,7-8,25-27H2,(H,43,44). The number of unbranched alkanes of at least 4 members (excludes halogenated alkanes) is 3. The Morgan fingerprint density at radius 3 is 2.08 bits per heavy atom. The lowest BCUT2D eigenvalue weighted by Gasteiger charge is -2.12. The molecule has 0 bridgehead atoms. The summed E-state index contributed by atoms with van der Waals surface area (Å²) in [7, 11) is 0. The van der Waals surface area contributed by atoms with Crippen molar-refractivity contribution in [2.45, 2.75) is 32.2 Å². The highest BCUT2D eigenvalue weighted by atomic mass is 16.5. The molecule has 5 rings (SSSR count). The van der Waals surface area contributed by atoms with E-state index >= 15 is 0 Å². The van der Waals surface area contributed by atoms with E-state index in [1.807, 2.05) is 48.5 Å². The molecule has 0 fully saturated rings. The average Bonchev–Trinajstić information content (AvgIpc) is 3.12. The highest BCUT2D eigenvalue weighted by Gasteiger charge is 2.10. The quantitative estimate of drug-likeness (QED) is 0.0340. The van der Waals surface area contributed by atoms with E-state index in [1.165, 1.54) is 18.4 Å². The van der Waals surface area contributed by atoms with Crippen LogP contribution in [0.15, 0.2) is 132 Å². The number of nitrogens with one attached hydrogen (secondary N) is 1. The molecule has 0 unspecified atom stereocenters. The van der Waals surface area contributed by atoms with Gasteiger partial charge in [0, 0.05) is 23.0 Å². The van der Waals surface area contributed by atoms with E-state index in [4.69, 9.17) is 19.3 Å². The predicted octanol–water partition coefficient (Wildman–Crippen LogP) is 9.88. The maximum Gasteiger partial charge on any atom is 0.343 e. The highest BCUT2D eigenvalue weighted by molar-refractivity contribution is 6.00. The Kier molecular flexibility index (Phi) is 11.9. The number of esters is 1. The van der Waals surface area contributed by atoms with Gasteiger partial charge in [0.2, 0.25) is 0 Å². The van der Waals surface area contributed by atoms with Crippen LogP contribution in [0.3, 0.4) is 0 Å². The van der Waals surface area contributed by atoms with Crippen LogP contribution in [0.1, 0.15) is 52.0 Å². The Balaban J connectivity index is 1.11. The molecule has 0 amide bonds. The molecule has 0 spiro atoms. The molecule has 0 aliphatic rings. The topological polar surface area (TPSA) is 119 Å². The lowest BCUT2D eigenvalue weighted by Crippen LogP contribution is -2.08. The molecule has 0 atom stereocenters. The molecular weight excluding hydrogens is 606 g/mol. The molecule has 0 aliphatic carbocycles. The van der Waals surface area contributed by atoms with Crippen LogP contribution in [-0.2, 0) is 11.3 Å². The third-order valence-corrected chi connectivity index (χ3v) is 7.54. The second-order valence-electron chi connectivity index (χ2n) is 10.9. The van der Waals surface area contributed by atoms with Crippen molar-refractivity contribution in [3.8, 4) is 11.5 Å². The first-order valence-electron chi connectivity index (χ1n) is 15.8. The summed E-state index contributed by atoms with van der Waals surface area (Å²) in [4.78, 5) is 23.8. The summed E-state index contributed by atoms with van der Waals surface area (Å²) < 4.78 is 16.5. The number of fused-ring (bicyclic) bond motifs is 1. The number of hydrogen-bond donors (Lipinski definition) is 2. The average molecular weight is 644 g/mol. The van der Waals surface area contributed by atoms with E-state index in [0.717, 1.165) is 53.5 Å². The molecule has 2 N–H and O–H groups in total. The fourth-order valence-electron chi connectivity index (χ4n) is 4.95. The van der Waals surface area contributed by atoms with Gasteiger partial charge in [-0.25, -0.2) is 9.59 Å². The number of nitrogens with zero attached hydrogens (tertiary/aromatic N) is 2. The molecule has 0 heterocycles. The van der Waals surface area contributed by atoms with E-state index in [0.29, 0.717) is 42.4 Å². The molecule has 5 aromatic rings. The number of rotatable bonds is 17. The predicted molar refractivity (Wildman–Crippen MR) is 187 cm³/mol. The van der Waals surface area contributed by atoms with E-state index in [-0.39, 0.29) is 5.56 Å². The summed E-state index contributed by atoms with van der Waals surface area (Å²) in [5, 5.41) is 23.2. The van der Waals surface area contributed by atoms with Crippen molar-refractivity contribution in [2.75, 3.05) is 18.5 Å².